The highest BCUT2D eigenvalue weighted by molar-refractivity contribution is 6.44. The van der Waals surface area contributed by atoms with Gasteiger partial charge >= 0.3 is 5.97 Å². The molecule has 2 saturated carbocycles. The highest BCUT2D eigenvalue weighted by atomic mass is 16.4. The maximum absolute atomic E-state index is 14.0. The number of nitrogens with two attached hydrogens (primary N) is 1. The molecule has 4 bridgehead atoms. The third-order valence-corrected chi connectivity index (χ3v) is 9.52. The molecule has 2 saturated heterocycles. The van der Waals surface area contributed by atoms with E-state index in [1.807, 2.05) is 18.2 Å². The van der Waals surface area contributed by atoms with E-state index in [0.29, 0.717) is 23.6 Å². The summed E-state index contributed by atoms with van der Waals surface area (Å²) in [4.78, 5) is 48.5. The van der Waals surface area contributed by atoms with Gasteiger partial charge in [0, 0.05) is 24.2 Å². The molecule has 1 aromatic heterocycles. The molecule has 6 rings (SSSR count). The number of hydrogen-bond acceptors (Lipinski definition) is 6. The van der Waals surface area contributed by atoms with E-state index >= 15 is 0 Å². The van der Waals surface area contributed by atoms with E-state index in [0.717, 1.165) is 43.0 Å². The molecular weight excluding hydrogens is 482 g/mol. The van der Waals surface area contributed by atoms with Gasteiger partial charge < -0.3 is 15.4 Å². The molecule has 0 spiro atoms. The van der Waals surface area contributed by atoms with Gasteiger partial charge in [0.1, 0.15) is 6.54 Å². The van der Waals surface area contributed by atoms with E-state index in [2.05, 4.69) is 14.9 Å². The number of nitrogens with zero attached hydrogens (tertiary/aromatic N) is 4. The molecule has 3 heterocycles. The summed E-state index contributed by atoms with van der Waals surface area (Å²) < 4.78 is 1.80. The first kappa shape index (κ1) is 25.2. The molecule has 1 aromatic carbocycles. The minimum absolute atomic E-state index is 0.0302. The minimum atomic E-state index is -1.21. The van der Waals surface area contributed by atoms with Crippen LogP contribution in [0.15, 0.2) is 34.1 Å². The van der Waals surface area contributed by atoms with Crippen molar-refractivity contribution in [1.29, 1.82) is 0 Å². The number of carbonyl (C=O) groups is 2. The van der Waals surface area contributed by atoms with Crippen LogP contribution >= 0.6 is 0 Å². The van der Waals surface area contributed by atoms with Crippen molar-refractivity contribution in [1.82, 2.24) is 14.5 Å². The number of para-hydroxylation sites is 2. The number of hydrogen-bond donors (Lipinski definition) is 2. The summed E-state index contributed by atoms with van der Waals surface area (Å²) in [6.07, 6.45) is 13.5. The maximum Gasteiger partial charge on any atom is 0.325 e. The normalized spacial score (nSPS) is 31.7. The van der Waals surface area contributed by atoms with Gasteiger partial charge in [0.15, 0.2) is 11.4 Å². The number of rotatable bonds is 6. The average molecular weight is 520 g/mol. The van der Waals surface area contributed by atoms with Gasteiger partial charge in [-0.15, -0.1) is 0 Å². The van der Waals surface area contributed by atoms with Crippen LogP contribution in [-0.2, 0) is 9.59 Å². The number of aliphatic carboxylic acids is 1. The summed E-state index contributed by atoms with van der Waals surface area (Å²) in [6.45, 7) is -0.655. The van der Waals surface area contributed by atoms with Crippen LogP contribution in [0.5, 0.6) is 0 Å². The molecule has 4 unspecified atom stereocenters. The van der Waals surface area contributed by atoms with Crippen LogP contribution in [0.2, 0.25) is 0 Å². The summed E-state index contributed by atoms with van der Waals surface area (Å²) in [5.74, 6) is -0.417. The van der Waals surface area contributed by atoms with Crippen molar-refractivity contribution in [3.8, 4) is 0 Å². The number of carbonyl (C=O) groups excluding carboxylic acids is 1. The van der Waals surface area contributed by atoms with E-state index in [4.69, 9.17) is 10.8 Å². The number of fused-ring (bicyclic) bond motifs is 5. The van der Waals surface area contributed by atoms with Crippen LogP contribution < -0.4 is 11.3 Å². The lowest BCUT2D eigenvalue weighted by Gasteiger charge is -2.55. The minimum Gasteiger partial charge on any atom is -0.480 e. The van der Waals surface area contributed by atoms with Crippen molar-refractivity contribution in [3.05, 3.63) is 40.3 Å². The Kier molecular flexibility index (Phi) is 6.80. The van der Waals surface area contributed by atoms with Crippen molar-refractivity contribution in [2.24, 2.45) is 22.6 Å². The van der Waals surface area contributed by atoms with Crippen LogP contribution in [0.3, 0.4) is 0 Å². The highest BCUT2D eigenvalue weighted by Gasteiger charge is 2.45. The summed E-state index contributed by atoms with van der Waals surface area (Å²) in [7, 11) is 0. The number of carboxylic acids is 1. The fourth-order valence-corrected chi connectivity index (χ4v) is 8.22. The predicted octanol–water partition coefficient (Wildman–Crippen LogP) is 3.28. The Bertz CT molecular complexity index is 1310. The van der Waals surface area contributed by atoms with Crippen molar-refractivity contribution in [2.45, 2.75) is 94.8 Å². The average Bonchev–Trinajstić information content (AvgIpc) is 2.87. The van der Waals surface area contributed by atoms with Crippen LogP contribution in [0.1, 0.15) is 82.4 Å². The van der Waals surface area contributed by atoms with E-state index in [9.17, 15) is 14.4 Å². The van der Waals surface area contributed by atoms with Gasteiger partial charge in [-0.3, -0.25) is 24.3 Å². The molecule has 202 valence electrons. The van der Waals surface area contributed by atoms with Crippen LogP contribution in [0, 0.1) is 11.8 Å². The second-order valence-corrected chi connectivity index (χ2v) is 11.9. The molecule has 0 radical (unpaired) electrons. The Balaban J connectivity index is 1.37. The molecule has 4 atom stereocenters. The first-order valence-electron chi connectivity index (χ1n) is 14.2. The number of carboxylic acid groups (broad SMARTS) is 1. The van der Waals surface area contributed by atoms with Gasteiger partial charge in [-0.2, -0.15) is 0 Å². The number of primary amides is 1. The molecule has 3 N–H and O–H groups in total. The standard InChI is InChI=1S/C29H37N5O4/c30-28(37)26(31-16-25(35)36)27-29(38)34(24-10-2-1-9-23(24)32-27)22-14-19-7-4-8-20(15-22)33(19)21-12-17-5-3-6-18(11-17)13-21/h1-2,9-10,17-22H,3-8,11-16H2,(H2,30,37)(H,35,36). The molecule has 9 heteroatoms. The molecule has 38 heavy (non-hydrogen) atoms. The maximum atomic E-state index is 14.0. The largest absolute Gasteiger partial charge is 0.480 e. The summed E-state index contributed by atoms with van der Waals surface area (Å²) in [5.41, 5.74) is 5.90. The van der Waals surface area contributed by atoms with Gasteiger partial charge in [0.2, 0.25) is 0 Å². The molecule has 2 aliphatic carbocycles. The lowest BCUT2D eigenvalue weighted by atomic mass is 9.68. The van der Waals surface area contributed by atoms with Crippen molar-refractivity contribution in [3.63, 3.8) is 0 Å². The zero-order valence-electron chi connectivity index (χ0n) is 21.8. The smallest absolute Gasteiger partial charge is 0.325 e. The first-order valence-corrected chi connectivity index (χ1v) is 14.2. The van der Waals surface area contributed by atoms with Crippen molar-refractivity contribution in [2.75, 3.05) is 6.54 Å². The lowest BCUT2D eigenvalue weighted by molar-refractivity contribution is -0.135. The molecular formula is C29H37N5O4. The van der Waals surface area contributed by atoms with Crippen LogP contribution in [0.25, 0.3) is 11.0 Å². The fraction of sp³-hybridized carbons (Fsp3) is 0.621. The van der Waals surface area contributed by atoms with Gasteiger partial charge in [0.05, 0.1) is 11.0 Å². The fourth-order valence-electron chi connectivity index (χ4n) is 8.22. The predicted molar refractivity (Wildman–Crippen MR) is 144 cm³/mol. The van der Waals surface area contributed by atoms with Crippen molar-refractivity contribution < 1.29 is 14.7 Å². The first-order chi connectivity index (χ1) is 18.4. The Morgan fingerprint density at radius 3 is 2.24 bits per heavy atom. The second kappa shape index (κ2) is 10.2. The zero-order chi connectivity index (χ0) is 26.4. The van der Waals surface area contributed by atoms with E-state index in [-0.39, 0.29) is 17.4 Å². The number of amides is 1. The van der Waals surface area contributed by atoms with Crippen LogP contribution in [-0.4, -0.2) is 61.8 Å². The van der Waals surface area contributed by atoms with Crippen LogP contribution in [0.4, 0.5) is 0 Å². The Hall–Kier alpha value is -3.07. The number of aromatic nitrogens is 2. The van der Waals surface area contributed by atoms with Gasteiger partial charge in [-0.1, -0.05) is 37.8 Å². The SMILES string of the molecule is NC(=O)C(=NCC(=O)O)c1nc2ccccc2n(C2CC3CCCC(C2)N3C2CC3CCCC(C3)C2)c1=O. The molecule has 4 fully saturated rings. The Labute approximate surface area is 222 Å². The summed E-state index contributed by atoms with van der Waals surface area (Å²) >= 11 is 0. The molecule has 4 aliphatic rings. The number of benzene rings is 1. The summed E-state index contributed by atoms with van der Waals surface area (Å²) in [6, 6.07) is 8.94. The van der Waals surface area contributed by atoms with Gasteiger partial charge in [-0.25, -0.2) is 4.98 Å². The van der Waals surface area contributed by atoms with E-state index in [1.165, 1.54) is 44.9 Å². The molecule has 9 nitrogen and oxygen atoms in total. The molecule has 2 aromatic rings. The number of aliphatic imine (C=N–C) groups is 1. The van der Waals surface area contributed by atoms with E-state index < -0.39 is 24.0 Å². The molecule has 2 aliphatic heterocycles. The number of piperidine rings is 2. The zero-order valence-corrected chi connectivity index (χ0v) is 21.8. The third-order valence-electron chi connectivity index (χ3n) is 9.52. The Morgan fingerprint density at radius 2 is 1.58 bits per heavy atom. The highest BCUT2D eigenvalue weighted by Crippen LogP contribution is 2.47. The van der Waals surface area contributed by atoms with Crippen molar-refractivity contribution >= 4 is 28.6 Å². The van der Waals surface area contributed by atoms with E-state index in [1.54, 1.807) is 10.6 Å². The summed E-state index contributed by atoms with van der Waals surface area (Å²) in [5, 5.41) is 9.10. The molecule has 1 amide bonds. The van der Waals surface area contributed by atoms with Gasteiger partial charge in [-0.05, 0) is 68.9 Å². The monoisotopic (exact) mass is 519 g/mol. The lowest BCUT2D eigenvalue weighted by Crippen LogP contribution is -2.58. The Morgan fingerprint density at radius 1 is 0.921 bits per heavy atom. The quantitative estimate of drug-likeness (QED) is 0.563. The third kappa shape index (κ3) is 4.65. The topological polar surface area (TPSA) is 131 Å². The van der Waals surface area contributed by atoms with Gasteiger partial charge in [0.25, 0.3) is 11.5 Å². The second-order valence-electron chi connectivity index (χ2n) is 11.9.